The first-order chi connectivity index (χ1) is 9.74. The van der Waals surface area contributed by atoms with Crippen LogP contribution in [0.4, 0.5) is 5.82 Å². The predicted octanol–water partition coefficient (Wildman–Crippen LogP) is 1.82. The number of hydrazine groups is 1. The fourth-order valence-corrected chi connectivity index (χ4v) is 1.68. The third kappa shape index (κ3) is 5.69. The number of hydrogen-bond acceptors (Lipinski definition) is 5. The zero-order valence-corrected chi connectivity index (χ0v) is 13.5. The Morgan fingerprint density at radius 3 is 2.57 bits per heavy atom. The molecular formula is C15H26N4O2. The molecule has 0 saturated heterocycles. The van der Waals surface area contributed by atoms with E-state index in [0.717, 1.165) is 5.69 Å². The van der Waals surface area contributed by atoms with E-state index in [1.807, 2.05) is 34.6 Å². The summed E-state index contributed by atoms with van der Waals surface area (Å²) in [5, 5.41) is 2.82. The highest BCUT2D eigenvalue weighted by Crippen LogP contribution is 2.23. The number of rotatable bonds is 6. The van der Waals surface area contributed by atoms with Gasteiger partial charge in [-0.15, -0.1) is 0 Å². The van der Waals surface area contributed by atoms with Crippen molar-refractivity contribution in [3.63, 3.8) is 0 Å². The molecule has 118 valence electrons. The van der Waals surface area contributed by atoms with E-state index < -0.39 is 0 Å². The highest BCUT2D eigenvalue weighted by atomic mass is 16.5. The number of nitrogen functional groups attached to an aromatic ring is 1. The molecule has 0 aromatic carbocycles. The van der Waals surface area contributed by atoms with Crippen LogP contribution in [-0.2, 0) is 10.2 Å². The summed E-state index contributed by atoms with van der Waals surface area (Å²) in [6, 6.07) is 3.42. The Morgan fingerprint density at radius 1 is 1.38 bits per heavy atom. The van der Waals surface area contributed by atoms with Crippen molar-refractivity contribution in [2.45, 2.75) is 46.1 Å². The van der Waals surface area contributed by atoms with E-state index in [0.29, 0.717) is 24.5 Å². The van der Waals surface area contributed by atoms with Crippen LogP contribution in [0.5, 0.6) is 0 Å². The summed E-state index contributed by atoms with van der Waals surface area (Å²) < 4.78 is 5.39. The Hall–Kier alpha value is -1.66. The Labute approximate surface area is 126 Å². The molecule has 0 spiro atoms. The Bertz CT molecular complexity index is 481. The lowest BCUT2D eigenvalue weighted by Crippen LogP contribution is -2.29. The molecule has 4 N–H and O–H groups in total. The second-order valence-electron chi connectivity index (χ2n) is 6.20. The Balaban J connectivity index is 2.79. The topological polar surface area (TPSA) is 89.3 Å². The van der Waals surface area contributed by atoms with Crippen LogP contribution in [-0.4, -0.2) is 30.1 Å². The van der Waals surface area contributed by atoms with E-state index in [2.05, 4.69) is 15.7 Å². The van der Waals surface area contributed by atoms with Gasteiger partial charge in [0.25, 0.3) is 5.91 Å². The van der Waals surface area contributed by atoms with Crippen molar-refractivity contribution in [3.05, 3.63) is 23.4 Å². The summed E-state index contributed by atoms with van der Waals surface area (Å²) >= 11 is 0. The lowest BCUT2D eigenvalue weighted by atomic mass is 9.90. The van der Waals surface area contributed by atoms with E-state index in [1.165, 1.54) is 0 Å². The largest absolute Gasteiger partial charge is 0.377 e. The van der Waals surface area contributed by atoms with Gasteiger partial charge in [-0.3, -0.25) is 4.79 Å². The van der Waals surface area contributed by atoms with Gasteiger partial charge in [0.2, 0.25) is 0 Å². The molecule has 0 aliphatic rings. The van der Waals surface area contributed by atoms with Gasteiger partial charge < -0.3 is 15.5 Å². The maximum absolute atomic E-state index is 12.2. The fraction of sp³-hybridized carbons (Fsp3) is 0.600. The number of carbonyl (C=O) groups excluding carboxylic acids is 1. The van der Waals surface area contributed by atoms with Gasteiger partial charge in [-0.25, -0.2) is 10.8 Å². The summed E-state index contributed by atoms with van der Waals surface area (Å²) in [4.78, 5) is 16.6. The first-order valence-corrected chi connectivity index (χ1v) is 7.13. The molecule has 6 nitrogen and oxygen atoms in total. The molecule has 0 atom stereocenters. The van der Waals surface area contributed by atoms with Crippen molar-refractivity contribution in [1.82, 2.24) is 10.3 Å². The fourth-order valence-electron chi connectivity index (χ4n) is 1.68. The van der Waals surface area contributed by atoms with Gasteiger partial charge in [-0.2, -0.15) is 0 Å². The lowest BCUT2D eigenvalue weighted by Gasteiger charge is -2.19. The van der Waals surface area contributed by atoms with Gasteiger partial charge in [0.1, 0.15) is 5.82 Å². The molecule has 0 fully saturated rings. The number of anilines is 1. The molecule has 6 heteroatoms. The summed E-state index contributed by atoms with van der Waals surface area (Å²) in [6.45, 7) is 11.0. The molecule has 1 aromatic rings. The molecule has 1 rings (SSSR count). The van der Waals surface area contributed by atoms with E-state index in [-0.39, 0.29) is 17.4 Å². The average molecular weight is 294 g/mol. The third-order valence-corrected chi connectivity index (χ3v) is 2.84. The van der Waals surface area contributed by atoms with Gasteiger partial charge in [0.15, 0.2) is 0 Å². The highest BCUT2D eigenvalue weighted by molar-refractivity contribution is 5.95. The van der Waals surface area contributed by atoms with Gasteiger partial charge in [0, 0.05) is 23.2 Å². The van der Waals surface area contributed by atoms with E-state index in [1.54, 1.807) is 12.1 Å². The molecule has 0 unspecified atom stereocenters. The Morgan fingerprint density at radius 2 is 2.05 bits per heavy atom. The molecule has 1 aromatic heterocycles. The summed E-state index contributed by atoms with van der Waals surface area (Å²) in [5.74, 6) is 5.74. The third-order valence-electron chi connectivity index (χ3n) is 2.84. The standard InChI is InChI=1S/C15H26N4O2/c1-10(2)21-7-6-17-14(20)11-8-12(15(3,4)5)18-13(9-11)19-16/h8-10H,6-7,16H2,1-5H3,(H,17,20)(H,18,19). The number of hydrogen-bond donors (Lipinski definition) is 3. The van der Waals surface area contributed by atoms with Crippen LogP contribution in [0.2, 0.25) is 0 Å². The molecule has 21 heavy (non-hydrogen) atoms. The minimum atomic E-state index is -0.164. The van der Waals surface area contributed by atoms with Crippen LogP contribution < -0.4 is 16.6 Å². The van der Waals surface area contributed by atoms with Crippen molar-refractivity contribution in [3.8, 4) is 0 Å². The zero-order chi connectivity index (χ0) is 16.0. The quantitative estimate of drug-likeness (QED) is 0.423. The normalized spacial score (nSPS) is 11.6. The van der Waals surface area contributed by atoms with Gasteiger partial charge in [0.05, 0.1) is 12.7 Å². The second kappa shape index (κ2) is 7.38. The van der Waals surface area contributed by atoms with E-state index >= 15 is 0 Å². The minimum Gasteiger partial charge on any atom is -0.377 e. The highest BCUT2D eigenvalue weighted by Gasteiger charge is 2.19. The maximum Gasteiger partial charge on any atom is 0.251 e. The molecule has 0 aliphatic heterocycles. The van der Waals surface area contributed by atoms with Crippen molar-refractivity contribution < 1.29 is 9.53 Å². The molecule has 0 aliphatic carbocycles. The number of carbonyl (C=O) groups is 1. The van der Waals surface area contributed by atoms with E-state index in [4.69, 9.17) is 10.6 Å². The van der Waals surface area contributed by atoms with Crippen molar-refractivity contribution >= 4 is 11.7 Å². The number of aromatic nitrogens is 1. The Kier molecular flexibility index (Phi) is 6.11. The van der Waals surface area contributed by atoms with Crippen molar-refractivity contribution in [2.75, 3.05) is 18.6 Å². The zero-order valence-electron chi connectivity index (χ0n) is 13.5. The van der Waals surface area contributed by atoms with Crippen molar-refractivity contribution in [2.24, 2.45) is 5.84 Å². The maximum atomic E-state index is 12.2. The summed E-state index contributed by atoms with van der Waals surface area (Å²) in [6.07, 6.45) is 0.156. The number of pyridine rings is 1. The number of nitrogens with two attached hydrogens (primary N) is 1. The lowest BCUT2D eigenvalue weighted by molar-refractivity contribution is 0.0746. The molecule has 1 heterocycles. The SMILES string of the molecule is CC(C)OCCNC(=O)c1cc(NN)nc(C(C)(C)C)c1. The predicted molar refractivity (Wildman–Crippen MR) is 84.2 cm³/mol. The van der Waals surface area contributed by atoms with Crippen molar-refractivity contribution in [1.29, 1.82) is 0 Å². The van der Waals surface area contributed by atoms with Crippen LogP contribution in [0.1, 0.15) is 50.7 Å². The number of nitrogens with one attached hydrogen (secondary N) is 2. The summed E-state index contributed by atoms with van der Waals surface area (Å²) in [5.41, 5.74) is 3.68. The van der Waals surface area contributed by atoms with Gasteiger partial charge in [-0.05, 0) is 26.0 Å². The molecule has 0 radical (unpaired) electrons. The van der Waals surface area contributed by atoms with Crippen LogP contribution in [0.15, 0.2) is 12.1 Å². The second-order valence-corrected chi connectivity index (χ2v) is 6.20. The van der Waals surface area contributed by atoms with Crippen LogP contribution in [0, 0.1) is 0 Å². The first kappa shape index (κ1) is 17.4. The first-order valence-electron chi connectivity index (χ1n) is 7.13. The molecular weight excluding hydrogens is 268 g/mol. The average Bonchev–Trinajstić information content (AvgIpc) is 2.41. The molecule has 0 bridgehead atoms. The minimum absolute atomic E-state index is 0.156. The number of amides is 1. The van der Waals surface area contributed by atoms with Crippen LogP contribution >= 0.6 is 0 Å². The number of ether oxygens (including phenoxy) is 1. The van der Waals surface area contributed by atoms with Gasteiger partial charge >= 0.3 is 0 Å². The van der Waals surface area contributed by atoms with Crippen LogP contribution in [0.3, 0.4) is 0 Å². The molecule has 1 amide bonds. The van der Waals surface area contributed by atoms with Gasteiger partial charge in [-0.1, -0.05) is 20.8 Å². The molecule has 0 saturated carbocycles. The van der Waals surface area contributed by atoms with E-state index in [9.17, 15) is 4.79 Å². The van der Waals surface area contributed by atoms with Crippen LogP contribution in [0.25, 0.3) is 0 Å². The summed E-state index contributed by atoms with van der Waals surface area (Å²) in [7, 11) is 0. The smallest absolute Gasteiger partial charge is 0.251 e. The monoisotopic (exact) mass is 294 g/mol. The number of nitrogens with zero attached hydrogens (tertiary/aromatic N) is 1.